The summed E-state index contributed by atoms with van der Waals surface area (Å²) in [6.07, 6.45) is 3.06. The lowest BCUT2D eigenvalue weighted by molar-refractivity contribution is -0.152. The Morgan fingerprint density at radius 2 is 1.80 bits per heavy atom. The van der Waals surface area contributed by atoms with Crippen molar-refractivity contribution in [2.45, 2.75) is 52.4 Å². The summed E-state index contributed by atoms with van der Waals surface area (Å²) < 4.78 is 5.06. The van der Waals surface area contributed by atoms with Gasteiger partial charge in [-0.25, -0.2) is 0 Å². The van der Waals surface area contributed by atoms with Crippen LogP contribution < -0.4 is 0 Å². The van der Waals surface area contributed by atoms with Crippen molar-refractivity contribution in [1.82, 2.24) is 0 Å². The molecule has 1 fully saturated rings. The molecule has 2 rings (SSSR count). The topological polar surface area (TPSA) is 26.3 Å². The highest BCUT2D eigenvalue weighted by Crippen LogP contribution is 2.37. The first kappa shape index (κ1) is 15.1. The third kappa shape index (κ3) is 3.62. The third-order valence-electron chi connectivity index (χ3n) is 4.20. The molecule has 20 heavy (non-hydrogen) atoms. The molecular weight excluding hydrogens is 248 g/mol. The highest BCUT2D eigenvalue weighted by molar-refractivity contribution is 5.73. The van der Waals surface area contributed by atoms with E-state index in [9.17, 15) is 4.79 Å². The summed E-state index contributed by atoms with van der Waals surface area (Å²) in [6, 6.07) is 8.93. The minimum Gasteiger partial charge on any atom is -0.466 e. The van der Waals surface area contributed by atoms with Gasteiger partial charge in [-0.2, -0.15) is 0 Å². The molecule has 0 atom stereocenters. The molecule has 0 N–H and O–H groups in total. The van der Waals surface area contributed by atoms with Crippen molar-refractivity contribution in [3.8, 4) is 0 Å². The summed E-state index contributed by atoms with van der Waals surface area (Å²) in [5, 5.41) is 0. The van der Waals surface area contributed by atoms with Crippen molar-refractivity contribution in [3.05, 3.63) is 35.4 Å². The first-order chi connectivity index (χ1) is 9.40. The van der Waals surface area contributed by atoms with Gasteiger partial charge in [-0.05, 0) is 48.6 Å². The van der Waals surface area contributed by atoms with Crippen molar-refractivity contribution in [2.24, 2.45) is 11.8 Å². The van der Waals surface area contributed by atoms with Crippen LogP contribution in [0.3, 0.4) is 0 Å². The molecule has 0 spiro atoms. The SMILES string of the molecule is CCOC(=O)C1CC(Cc2ccc(C(C)(C)C)cc2)C1. The fraction of sp³-hybridized carbons (Fsp3) is 0.611. The van der Waals surface area contributed by atoms with Crippen LogP contribution in [-0.4, -0.2) is 12.6 Å². The summed E-state index contributed by atoms with van der Waals surface area (Å²) in [4.78, 5) is 11.6. The summed E-state index contributed by atoms with van der Waals surface area (Å²) in [5.41, 5.74) is 2.97. The predicted molar refractivity (Wildman–Crippen MR) is 81.7 cm³/mol. The minimum absolute atomic E-state index is 0.00756. The van der Waals surface area contributed by atoms with E-state index in [0.29, 0.717) is 12.5 Å². The van der Waals surface area contributed by atoms with Crippen LogP contribution in [0.4, 0.5) is 0 Å². The first-order valence-corrected chi connectivity index (χ1v) is 7.66. The van der Waals surface area contributed by atoms with Gasteiger partial charge >= 0.3 is 5.97 Å². The fourth-order valence-electron chi connectivity index (χ4n) is 2.83. The zero-order valence-electron chi connectivity index (χ0n) is 13.1. The molecule has 0 unspecified atom stereocenters. The van der Waals surface area contributed by atoms with E-state index in [4.69, 9.17) is 4.74 Å². The van der Waals surface area contributed by atoms with E-state index >= 15 is 0 Å². The highest BCUT2D eigenvalue weighted by Gasteiger charge is 2.35. The average Bonchev–Trinajstić information content (AvgIpc) is 2.33. The van der Waals surface area contributed by atoms with Crippen LogP contribution in [0, 0.1) is 11.8 Å². The standard InChI is InChI=1S/C18H26O2/c1-5-20-17(19)15-11-14(12-15)10-13-6-8-16(9-7-13)18(2,3)4/h6-9,14-15H,5,10-12H2,1-4H3. The van der Waals surface area contributed by atoms with Gasteiger partial charge in [0.05, 0.1) is 12.5 Å². The number of carbonyl (C=O) groups is 1. The summed E-state index contributed by atoms with van der Waals surface area (Å²) >= 11 is 0. The number of hydrogen-bond donors (Lipinski definition) is 0. The van der Waals surface area contributed by atoms with Crippen LogP contribution in [0.5, 0.6) is 0 Å². The summed E-state index contributed by atoms with van der Waals surface area (Å²) in [6.45, 7) is 9.06. The average molecular weight is 274 g/mol. The van der Waals surface area contributed by atoms with Gasteiger partial charge in [-0.1, -0.05) is 45.0 Å². The van der Waals surface area contributed by atoms with Gasteiger partial charge in [0.2, 0.25) is 0 Å². The molecule has 1 saturated carbocycles. The lowest BCUT2D eigenvalue weighted by Gasteiger charge is -2.33. The largest absolute Gasteiger partial charge is 0.466 e. The molecule has 0 heterocycles. The maximum atomic E-state index is 11.6. The molecular formula is C18H26O2. The van der Waals surface area contributed by atoms with Crippen molar-refractivity contribution < 1.29 is 9.53 Å². The third-order valence-corrected chi connectivity index (χ3v) is 4.20. The Bertz CT molecular complexity index is 447. The monoisotopic (exact) mass is 274 g/mol. The number of esters is 1. The van der Waals surface area contributed by atoms with Gasteiger partial charge in [-0.3, -0.25) is 4.79 Å². The Morgan fingerprint density at radius 1 is 1.20 bits per heavy atom. The second-order valence-corrected chi connectivity index (χ2v) is 6.94. The number of rotatable bonds is 4. The van der Waals surface area contributed by atoms with Gasteiger partial charge in [-0.15, -0.1) is 0 Å². The maximum absolute atomic E-state index is 11.6. The lowest BCUT2D eigenvalue weighted by Crippen LogP contribution is -2.33. The van der Waals surface area contributed by atoms with E-state index in [-0.39, 0.29) is 17.3 Å². The molecule has 0 bridgehead atoms. The number of benzene rings is 1. The molecule has 110 valence electrons. The molecule has 1 aromatic rings. The van der Waals surface area contributed by atoms with Crippen molar-refractivity contribution >= 4 is 5.97 Å². The van der Waals surface area contributed by atoms with Crippen molar-refractivity contribution in [1.29, 1.82) is 0 Å². The quantitative estimate of drug-likeness (QED) is 0.772. The predicted octanol–water partition coefficient (Wildman–Crippen LogP) is 4.12. The second kappa shape index (κ2) is 5.99. The van der Waals surface area contributed by atoms with Crippen LogP contribution in [-0.2, 0) is 21.4 Å². The minimum atomic E-state index is -0.00756. The summed E-state index contributed by atoms with van der Waals surface area (Å²) in [7, 11) is 0. The fourth-order valence-corrected chi connectivity index (χ4v) is 2.83. The Morgan fingerprint density at radius 3 is 2.30 bits per heavy atom. The molecule has 2 heteroatoms. The van der Waals surface area contributed by atoms with Gasteiger partial charge in [0.25, 0.3) is 0 Å². The molecule has 1 aromatic carbocycles. The Labute approximate surface area is 122 Å². The van der Waals surface area contributed by atoms with Crippen LogP contribution in [0.25, 0.3) is 0 Å². The second-order valence-electron chi connectivity index (χ2n) is 6.94. The molecule has 0 aliphatic heterocycles. The van der Waals surface area contributed by atoms with E-state index in [1.54, 1.807) is 0 Å². The number of ether oxygens (including phenoxy) is 1. The smallest absolute Gasteiger partial charge is 0.308 e. The molecule has 0 saturated heterocycles. The van der Waals surface area contributed by atoms with E-state index in [2.05, 4.69) is 45.0 Å². The molecule has 2 nitrogen and oxygen atoms in total. The van der Waals surface area contributed by atoms with Gasteiger partial charge in [0.15, 0.2) is 0 Å². The zero-order valence-corrected chi connectivity index (χ0v) is 13.1. The van der Waals surface area contributed by atoms with E-state index in [1.165, 1.54) is 11.1 Å². The molecule has 0 radical (unpaired) electrons. The summed E-state index contributed by atoms with van der Waals surface area (Å²) in [5.74, 6) is 0.783. The van der Waals surface area contributed by atoms with Gasteiger partial charge < -0.3 is 4.74 Å². The van der Waals surface area contributed by atoms with Gasteiger partial charge in [0.1, 0.15) is 0 Å². The van der Waals surface area contributed by atoms with E-state index in [1.807, 2.05) is 6.92 Å². The lowest BCUT2D eigenvalue weighted by atomic mass is 9.72. The van der Waals surface area contributed by atoms with Crippen LogP contribution >= 0.6 is 0 Å². The number of hydrogen-bond acceptors (Lipinski definition) is 2. The Kier molecular flexibility index (Phi) is 4.52. The molecule has 1 aliphatic carbocycles. The number of carbonyl (C=O) groups excluding carboxylic acids is 1. The van der Waals surface area contributed by atoms with E-state index < -0.39 is 0 Å². The Balaban J connectivity index is 1.83. The molecule has 0 aromatic heterocycles. The van der Waals surface area contributed by atoms with E-state index in [0.717, 1.165) is 19.3 Å². The van der Waals surface area contributed by atoms with Gasteiger partial charge in [0, 0.05) is 0 Å². The maximum Gasteiger partial charge on any atom is 0.308 e. The van der Waals surface area contributed by atoms with Crippen LogP contribution in [0.1, 0.15) is 51.7 Å². The Hall–Kier alpha value is -1.31. The van der Waals surface area contributed by atoms with Crippen molar-refractivity contribution in [3.63, 3.8) is 0 Å². The zero-order chi connectivity index (χ0) is 14.8. The highest BCUT2D eigenvalue weighted by atomic mass is 16.5. The normalized spacial score (nSPS) is 22.2. The first-order valence-electron chi connectivity index (χ1n) is 7.66. The molecule has 0 amide bonds. The molecule has 1 aliphatic rings. The van der Waals surface area contributed by atoms with Crippen LogP contribution in [0.15, 0.2) is 24.3 Å². The van der Waals surface area contributed by atoms with Crippen molar-refractivity contribution in [2.75, 3.05) is 6.61 Å². The van der Waals surface area contributed by atoms with Crippen LogP contribution in [0.2, 0.25) is 0 Å².